The zero-order chi connectivity index (χ0) is 39.8. The summed E-state index contributed by atoms with van der Waals surface area (Å²) < 4.78 is 11.2. The standard InChI is InChI=1S/C51H94O4/c1-3-5-7-9-11-13-15-17-19-21-22-23-24-25-26-27-28-29-31-33-35-37-39-41-43-45-47-54-49-50(48-52)55-51(53)46-44-42-40-38-36-34-32-30-20-18-16-14-12-10-8-6-4-2/h15,17-18,20-22,24-25,50,52H,3-14,16,19,23,26-49H2,1-2H3/b17-15-,20-18-,22-21-,25-24-. The van der Waals surface area contributed by atoms with Crippen molar-refractivity contribution in [1.82, 2.24) is 0 Å². The van der Waals surface area contributed by atoms with E-state index in [1.807, 2.05) is 0 Å². The van der Waals surface area contributed by atoms with Crippen molar-refractivity contribution in [3.8, 4) is 0 Å². The van der Waals surface area contributed by atoms with Gasteiger partial charge < -0.3 is 14.6 Å². The van der Waals surface area contributed by atoms with E-state index in [1.54, 1.807) is 0 Å². The maximum atomic E-state index is 12.2. The Morgan fingerprint density at radius 3 is 1.16 bits per heavy atom. The average Bonchev–Trinajstić information content (AvgIpc) is 3.19. The lowest BCUT2D eigenvalue weighted by Gasteiger charge is -2.16. The van der Waals surface area contributed by atoms with Crippen LogP contribution in [0.15, 0.2) is 48.6 Å². The third-order valence-corrected chi connectivity index (χ3v) is 10.6. The summed E-state index contributed by atoms with van der Waals surface area (Å²) in [5.41, 5.74) is 0. The van der Waals surface area contributed by atoms with Crippen LogP contribution >= 0.6 is 0 Å². The minimum absolute atomic E-state index is 0.174. The third-order valence-electron chi connectivity index (χ3n) is 10.6. The fourth-order valence-electron chi connectivity index (χ4n) is 6.98. The molecule has 4 nitrogen and oxygen atoms in total. The molecule has 0 aliphatic rings. The molecule has 1 atom stereocenters. The number of allylic oxidation sites excluding steroid dienone is 8. The monoisotopic (exact) mass is 771 g/mol. The topological polar surface area (TPSA) is 55.8 Å². The quantitative estimate of drug-likeness (QED) is 0.0381. The lowest BCUT2D eigenvalue weighted by Crippen LogP contribution is -2.27. The highest BCUT2D eigenvalue weighted by atomic mass is 16.6. The van der Waals surface area contributed by atoms with E-state index in [2.05, 4.69) is 62.5 Å². The van der Waals surface area contributed by atoms with Gasteiger partial charge in [-0.15, -0.1) is 0 Å². The Morgan fingerprint density at radius 1 is 0.436 bits per heavy atom. The second-order valence-electron chi connectivity index (χ2n) is 16.2. The summed E-state index contributed by atoms with van der Waals surface area (Å²) in [6, 6.07) is 0. The summed E-state index contributed by atoms with van der Waals surface area (Å²) in [4.78, 5) is 12.2. The van der Waals surface area contributed by atoms with Gasteiger partial charge in [0.2, 0.25) is 0 Å². The number of hydrogen-bond acceptors (Lipinski definition) is 4. The van der Waals surface area contributed by atoms with Crippen LogP contribution in [-0.4, -0.2) is 37.0 Å². The van der Waals surface area contributed by atoms with Crippen molar-refractivity contribution >= 4 is 5.97 Å². The van der Waals surface area contributed by atoms with Crippen LogP contribution in [0.3, 0.4) is 0 Å². The van der Waals surface area contributed by atoms with Gasteiger partial charge in [0.05, 0.1) is 13.2 Å². The van der Waals surface area contributed by atoms with Gasteiger partial charge in [-0.05, 0) is 77.0 Å². The number of unbranched alkanes of at least 4 members (excludes halogenated alkanes) is 29. The molecule has 1 N–H and O–H groups in total. The lowest BCUT2D eigenvalue weighted by molar-refractivity contribution is -0.154. The normalized spacial score (nSPS) is 12.7. The van der Waals surface area contributed by atoms with Crippen molar-refractivity contribution in [3.05, 3.63) is 48.6 Å². The Hall–Kier alpha value is -1.65. The van der Waals surface area contributed by atoms with Crippen LogP contribution < -0.4 is 0 Å². The van der Waals surface area contributed by atoms with E-state index >= 15 is 0 Å². The molecule has 0 heterocycles. The molecular formula is C51H94O4. The molecule has 0 saturated heterocycles. The van der Waals surface area contributed by atoms with Gasteiger partial charge in [0.25, 0.3) is 0 Å². The van der Waals surface area contributed by atoms with E-state index in [9.17, 15) is 9.90 Å². The number of hydrogen-bond donors (Lipinski definition) is 1. The van der Waals surface area contributed by atoms with Crippen molar-refractivity contribution in [2.45, 2.75) is 251 Å². The van der Waals surface area contributed by atoms with Crippen molar-refractivity contribution in [3.63, 3.8) is 0 Å². The first-order chi connectivity index (χ1) is 27.2. The van der Waals surface area contributed by atoms with Gasteiger partial charge >= 0.3 is 5.97 Å². The fraction of sp³-hybridized carbons (Fsp3) is 0.824. The summed E-state index contributed by atoms with van der Waals surface area (Å²) in [5.74, 6) is -0.205. The van der Waals surface area contributed by atoms with Crippen LogP contribution in [0.1, 0.15) is 245 Å². The second-order valence-corrected chi connectivity index (χ2v) is 16.2. The fourth-order valence-corrected chi connectivity index (χ4v) is 6.98. The SMILES string of the molecule is CCCCCCC/C=C\C/C=C\C/C=C\CCCCCCCCCCCCCOCC(CO)OC(=O)CCCCCCCCC/C=C\CCCCCCCC. The summed E-state index contributed by atoms with van der Waals surface area (Å²) >= 11 is 0. The van der Waals surface area contributed by atoms with E-state index < -0.39 is 6.10 Å². The number of carbonyl (C=O) groups excluding carboxylic acids is 1. The molecule has 0 aromatic heterocycles. The van der Waals surface area contributed by atoms with Crippen LogP contribution in [0.4, 0.5) is 0 Å². The Bertz CT molecular complexity index is 859. The first-order valence-corrected chi connectivity index (χ1v) is 24.2. The van der Waals surface area contributed by atoms with Crippen molar-refractivity contribution in [2.24, 2.45) is 0 Å². The molecule has 322 valence electrons. The molecule has 0 aliphatic heterocycles. The summed E-state index contributed by atoms with van der Waals surface area (Å²) in [7, 11) is 0. The molecule has 0 spiro atoms. The zero-order valence-corrected chi connectivity index (χ0v) is 36.9. The number of esters is 1. The number of aliphatic hydroxyl groups excluding tert-OH is 1. The molecule has 0 saturated carbocycles. The summed E-state index contributed by atoms with van der Waals surface area (Å²) in [6.07, 6.45) is 63.3. The second kappa shape index (κ2) is 48.5. The molecule has 0 aromatic rings. The van der Waals surface area contributed by atoms with E-state index in [4.69, 9.17) is 9.47 Å². The predicted molar refractivity (Wildman–Crippen MR) is 242 cm³/mol. The number of carbonyl (C=O) groups is 1. The maximum Gasteiger partial charge on any atom is 0.306 e. The van der Waals surface area contributed by atoms with E-state index in [0.29, 0.717) is 19.6 Å². The van der Waals surface area contributed by atoms with Gasteiger partial charge in [0.1, 0.15) is 6.10 Å². The highest BCUT2D eigenvalue weighted by Crippen LogP contribution is 2.14. The smallest absolute Gasteiger partial charge is 0.306 e. The molecule has 0 rings (SSSR count). The van der Waals surface area contributed by atoms with Gasteiger partial charge in [-0.1, -0.05) is 210 Å². The average molecular weight is 771 g/mol. The number of rotatable bonds is 45. The molecule has 0 radical (unpaired) electrons. The van der Waals surface area contributed by atoms with Gasteiger partial charge in [-0.25, -0.2) is 0 Å². The van der Waals surface area contributed by atoms with E-state index in [1.165, 1.54) is 193 Å². The highest BCUT2D eigenvalue weighted by Gasteiger charge is 2.13. The van der Waals surface area contributed by atoms with Crippen LogP contribution in [0.5, 0.6) is 0 Å². The van der Waals surface area contributed by atoms with Crippen molar-refractivity contribution in [2.75, 3.05) is 19.8 Å². The highest BCUT2D eigenvalue weighted by molar-refractivity contribution is 5.69. The van der Waals surface area contributed by atoms with Crippen LogP contribution in [0, 0.1) is 0 Å². The Balaban J connectivity index is 3.42. The zero-order valence-electron chi connectivity index (χ0n) is 36.9. The van der Waals surface area contributed by atoms with E-state index in [-0.39, 0.29) is 12.6 Å². The minimum atomic E-state index is -0.539. The van der Waals surface area contributed by atoms with Crippen LogP contribution in [0.2, 0.25) is 0 Å². The third kappa shape index (κ3) is 46.6. The minimum Gasteiger partial charge on any atom is -0.457 e. The van der Waals surface area contributed by atoms with Crippen molar-refractivity contribution in [1.29, 1.82) is 0 Å². The van der Waals surface area contributed by atoms with Gasteiger partial charge in [0, 0.05) is 13.0 Å². The first-order valence-electron chi connectivity index (χ1n) is 24.2. The molecule has 1 unspecified atom stereocenters. The molecule has 0 fully saturated rings. The Labute approximate surface area is 343 Å². The maximum absolute atomic E-state index is 12.2. The largest absolute Gasteiger partial charge is 0.457 e. The first kappa shape index (κ1) is 53.4. The lowest BCUT2D eigenvalue weighted by atomic mass is 10.1. The predicted octanol–water partition coefficient (Wildman–Crippen LogP) is 16.2. The van der Waals surface area contributed by atoms with E-state index in [0.717, 1.165) is 32.1 Å². The van der Waals surface area contributed by atoms with Crippen LogP contribution in [0.25, 0.3) is 0 Å². The van der Waals surface area contributed by atoms with Crippen LogP contribution in [-0.2, 0) is 14.3 Å². The van der Waals surface area contributed by atoms with Gasteiger partial charge in [0.15, 0.2) is 0 Å². The summed E-state index contributed by atoms with van der Waals surface area (Å²) in [6.45, 7) is 5.34. The Kier molecular flexibility index (Phi) is 47.0. The molecule has 4 heteroatoms. The molecule has 0 aliphatic carbocycles. The molecule has 0 aromatic carbocycles. The number of aliphatic hydroxyl groups is 1. The van der Waals surface area contributed by atoms with Crippen molar-refractivity contribution < 1.29 is 19.4 Å². The molecule has 0 bridgehead atoms. The number of ether oxygens (including phenoxy) is 2. The molecular weight excluding hydrogens is 677 g/mol. The van der Waals surface area contributed by atoms with Gasteiger partial charge in [-0.2, -0.15) is 0 Å². The molecule has 55 heavy (non-hydrogen) atoms. The Morgan fingerprint density at radius 2 is 0.764 bits per heavy atom. The molecule has 0 amide bonds. The summed E-state index contributed by atoms with van der Waals surface area (Å²) in [5, 5.41) is 9.63. The van der Waals surface area contributed by atoms with Gasteiger partial charge in [-0.3, -0.25) is 4.79 Å².